The Bertz CT molecular complexity index is 302. The molecule has 1 aliphatic heterocycles. The van der Waals surface area contributed by atoms with E-state index in [1.54, 1.807) is 12.1 Å². The molecule has 0 aliphatic carbocycles. The van der Waals surface area contributed by atoms with Gasteiger partial charge in [-0.05, 0) is 31.5 Å². The first kappa shape index (κ1) is 10.2. The highest BCUT2D eigenvalue weighted by Gasteiger charge is 2.16. The molecule has 1 N–H and O–H groups in total. The molecule has 82 valence electrons. The Morgan fingerprint density at radius 3 is 3.27 bits per heavy atom. The minimum absolute atomic E-state index is 0.277. The zero-order chi connectivity index (χ0) is 10.5. The molecule has 0 aromatic carbocycles. The Morgan fingerprint density at radius 2 is 2.60 bits per heavy atom. The van der Waals surface area contributed by atoms with E-state index in [0.29, 0.717) is 12.5 Å². The normalized spacial score (nSPS) is 21.2. The van der Waals surface area contributed by atoms with E-state index >= 15 is 0 Å². The molecule has 4 heteroatoms. The number of hydrogen-bond acceptors (Lipinski definition) is 4. The van der Waals surface area contributed by atoms with Crippen LogP contribution in [0, 0.1) is 5.92 Å². The highest BCUT2D eigenvalue weighted by atomic mass is 16.5. The Hall–Kier alpha value is -1.29. The van der Waals surface area contributed by atoms with Crippen LogP contribution in [0.4, 0.5) is 0 Å². The predicted octanol–water partition coefficient (Wildman–Crippen LogP) is 1.44. The van der Waals surface area contributed by atoms with Gasteiger partial charge in [0.25, 0.3) is 0 Å². The first-order chi connectivity index (χ1) is 7.36. The SMILES string of the molecule is O=C(OC[C@@H]1CCCNC1)c1ccco1. The lowest BCUT2D eigenvalue weighted by Gasteiger charge is -2.21. The molecule has 4 nitrogen and oxygen atoms in total. The van der Waals surface area contributed by atoms with Gasteiger partial charge in [-0.1, -0.05) is 0 Å². The van der Waals surface area contributed by atoms with Gasteiger partial charge in [0.05, 0.1) is 12.9 Å². The van der Waals surface area contributed by atoms with Crippen molar-refractivity contribution in [2.24, 2.45) is 5.92 Å². The molecule has 0 saturated carbocycles. The molecule has 1 fully saturated rings. The van der Waals surface area contributed by atoms with E-state index in [1.165, 1.54) is 6.26 Å². The fourth-order valence-electron chi connectivity index (χ4n) is 1.73. The summed E-state index contributed by atoms with van der Waals surface area (Å²) in [5.74, 6) is 0.349. The van der Waals surface area contributed by atoms with Crippen LogP contribution in [0.15, 0.2) is 22.8 Å². The lowest BCUT2D eigenvalue weighted by Crippen LogP contribution is -2.32. The average molecular weight is 209 g/mol. The van der Waals surface area contributed by atoms with E-state index in [2.05, 4.69) is 5.32 Å². The van der Waals surface area contributed by atoms with E-state index in [-0.39, 0.29) is 11.7 Å². The number of piperidine rings is 1. The smallest absolute Gasteiger partial charge is 0.374 e. The third kappa shape index (κ3) is 2.83. The molecule has 0 bridgehead atoms. The van der Waals surface area contributed by atoms with Crippen LogP contribution in [0.1, 0.15) is 23.4 Å². The summed E-state index contributed by atoms with van der Waals surface area (Å²) in [4.78, 5) is 11.4. The molecule has 1 atom stereocenters. The van der Waals surface area contributed by atoms with Gasteiger partial charge < -0.3 is 14.5 Å². The van der Waals surface area contributed by atoms with Crippen LogP contribution in [-0.4, -0.2) is 25.7 Å². The van der Waals surface area contributed by atoms with Crippen molar-refractivity contribution in [3.8, 4) is 0 Å². The van der Waals surface area contributed by atoms with Crippen LogP contribution in [0.5, 0.6) is 0 Å². The Labute approximate surface area is 88.6 Å². The molecule has 0 spiro atoms. The van der Waals surface area contributed by atoms with E-state index < -0.39 is 0 Å². The van der Waals surface area contributed by atoms with Crippen LogP contribution >= 0.6 is 0 Å². The molecule has 0 amide bonds. The van der Waals surface area contributed by atoms with Crippen molar-refractivity contribution in [2.75, 3.05) is 19.7 Å². The van der Waals surface area contributed by atoms with Gasteiger partial charge in [0.2, 0.25) is 5.76 Å². The molecule has 1 aromatic rings. The largest absolute Gasteiger partial charge is 0.459 e. The first-order valence-corrected chi connectivity index (χ1v) is 5.27. The van der Waals surface area contributed by atoms with Crippen LogP contribution in [0.2, 0.25) is 0 Å². The van der Waals surface area contributed by atoms with Gasteiger partial charge in [0.15, 0.2) is 0 Å². The summed E-state index contributed by atoms with van der Waals surface area (Å²) in [6.45, 7) is 2.49. The fraction of sp³-hybridized carbons (Fsp3) is 0.545. The summed E-state index contributed by atoms with van der Waals surface area (Å²) in [6, 6.07) is 3.29. The summed E-state index contributed by atoms with van der Waals surface area (Å²) in [7, 11) is 0. The molecule has 1 saturated heterocycles. The number of carbonyl (C=O) groups is 1. The quantitative estimate of drug-likeness (QED) is 0.765. The Kier molecular flexibility index (Phi) is 3.40. The zero-order valence-corrected chi connectivity index (χ0v) is 8.57. The molecule has 1 aliphatic rings. The Morgan fingerprint density at radius 1 is 1.67 bits per heavy atom. The summed E-state index contributed by atoms with van der Waals surface area (Å²) >= 11 is 0. The summed E-state index contributed by atoms with van der Waals surface area (Å²) in [5, 5.41) is 3.28. The van der Waals surface area contributed by atoms with E-state index in [9.17, 15) is 4.79 Å². The number of furan rings is 1. The molecule has 2 rings (SSSR count). The molecule has 0 unspecified atom stereocenters. The molecular weight excluding hydrogens is 194 g/mol. The van der Waals surface area contributed by atoms with Gasteiger partial charge in [-0.15, -0.1) is 0 Å². The van der Waals surface area contributed by atoms with Crippen molar-refractivity contribution in [1.29, 1.82) is 0 Å². The maximum absolute atomic E-state index is 11.4. The summed E-state index contributed by atoms with van der Waals surface area (Å²) < 4.78 is 10.1. The number of hydrogen-bond donors (Lipinski definition) is 1. The third-order valence-corrected chi connectivity index (χ3v) is 2.57. The van der Waals surface area contributed by atoms with Gasteiger partial charge in [0, 0.05) is 12.5 Å². The Balaban J connectivity index is 1.75. The predicted molar refractivity (Wildman–Crippen MR) is 54.6 cm³/mol. The van der Waals surface area contributed by atoms with Crippen molar-refractivity contribution in [3.63, 3.8) is 0 Å². The first-order valence-electron chi connectivity index (χ1n) is 5.27. The number of rotatable bonds is 3. The summed E-state index contributed by atoms with van der Waals surface area (Å²) in [6.07, 6.45) is 3.75. The van der Waals surface area contributed by atoms with Gasteiger partial charge in [-0.2, -0.15) is 0 Å². The number of nitrogens with one attached hydrogen (secondary N) is 1. The van der Waals surface area contributed by atoms with Gasteiger partial charge in [-0.25, -0.2) is 4.79 Å². The minimum Gasteiger partial charge on any atom is -0.459 e. The second kappa shape index (κ2) is 4.98. The van der Waals surface area contributed by atoms with E-state index in [4.69, 9.17) is 9.15 Å². The van der Waals surface area contributed by atoms with E-state index in [0.717, 1.165) is 25.9 Å². The molecular formula is C11H15NO3. The van der Waals surface area contributed by atoms with Crippen LogP contribution in [0.25, 0.3) is 0 Å². The van der Waals surface area contributed by atoms with Crippen molar-refractivity contribution in [1.82, 2.24) is 5.32 Å². The number of ether oxygens (including phenoxy) is 1. The van der Waals surface area contributed by atoms with Crippen molar-refractivity contribution in [2.45, 2.75) is 12.8 Å². The number of esters is 1. The van der Waals surface area contributed by atoms with Crippen molar-refractivity contribution in [3.05, 3.63) is 24.2 Å². The minimum atomic E-state index is -0.370. The van der Waals surface area contributed by atoms with Gasteiger partial charge in [0.1, 0.15) is 0 Å². The highest BCUT2D eigenvalue weighted by molar-refractivity contribution is 5.86. The maximum atomic E-state index is 11.4. The van der Waals surface area contributed by atoms with Gasteiger partial charge >= 0.3 is 5.97 Å². The van der Waals surface area contributed by atoms with Crippen LogP contribution in [-0.2, 0) is 4.74 Å². The second-order valence-corrected chi connectivity index (χ2v) is 3.79. The standard InChI is InChI=1S/C11H15NO3/c13-11(10-4-2-6-14-10)15-8-9-3-1-5-12-7-9/h2,4,6,9,12H,1,3,5,7-8H2/t9-/m1/s1. The topological polar surface area (TPSA) is 51.5 Å². The lowest BCUT2D eigenvalue weighted by molar-refractivity contribution is 0.0385. The van der Waals surface area contributed by atoms with Gasteiger partial charge in [-0.3, -0.25) is 0 Å². The van der Waals surface area contributed by atoms with Crippen molar-refractivity contribution >= 4 is 5.97 Å². The monoisotopic (exact) mass is 209 g/mol. The fourth-order valence-corrected chi connectivity index (χ4v) is 1.73. The average Bonchev–Trinajstić information content (AvgIpc) is 2.81. The van der Waals surface area contributed by atoms with Crippen LogP contribution in [0.3, 0.4) is 0 Å². The number of carbonyl (C=O) groups excluding carboxylic acids is 1. The molecule has 0 radical (unpaired) electrons. The summed E-state index contributed by atoms with van der Waals surface area (Å²) in [5.41, 5.74) is 0. The molecule has 2 heterocycles. The zero-order valence-electron chi connectivity index (χ0n) is 8.57. The third-order valence-electron chi connectivity index (χ3n) is 2.57. The lowest BCUT2D eigenvalue weighted by atomic mass is 10.0. The molecule has 1 aromatic heterocycles. The molecule has 15 heavy (non-hydrogen) atoms. The second-order valence-electron chi connectivity index (χ2n) is 3.79. The van der Waals surface area contributed by atoms with Crippen LogP contribution < -0.4 is 5.32 Å². The van der Waals surface area contributed by atoms with E-state index in [1.807, 2.05) is 0 Å². The van der Waals surface area contributed by atoms with Crippen molar-refractivity contribution < 1.29 is 13.9 Å². The maximum Gasteiger partial charge on any atom is 0.374 e. The highest BCUT2D eigenvalue weighted by Crippen LogP contribution is 2.11.